The number of hydrogen-bond acceptors (Lipinski definition) is 4. The molecular formula is C15H15BrN2O4S. The monoisotopic (exact) mass is 398 g/mol. The van der Waals surface area contributed by atoms with E-state index in [0.717, 1.165) is 0 Å². The molecule has 0 bridgehead atoms. The first-order valence-electron chi connectivity index (χ1n) is 6.71. The number of hydrogen-bond donors (Lipinski definition) is 3. The molecule has 0 aromatic heterocycles. The molecule has 0 saturated carbocycles. The number of sulfonamides is 1. The van der Waals surface area contributed by atoms with E-state index in [1.165, 1.54) is 18.2 Å². The summed E-state index contributed by atoms with van der Waals surface area (Å²) in [6.45, 7) is -0.0473. The lowest BCUT2D eigenvalue weighted by atomic mass is 10.3. The second kappa shape index (κ2) is 7.58. The predicted octanol–water partition coefficient (Wildman–Crippen LogP) is 2.46. The highest BCUT2D eigenvalue weighted by molar-refractivity contribution is 9.10. The fourth-order valence-electron chi connectivity index (χ4n) is 1.81. The average Bonchev–Trinajstić information content (AvgIpc) is 2.49. The topological polar surface area (TPSA) is 95.5 Å². The van der Waals surface area contributed by atoms with Crippen molar-refractivity contribution < 1.29 is 18.3 Å². The Kier molecular flexibility index (Phi) is 5.75. The van der Waals surface area contributed by atoms with E-state index < -0.39 is 15.9 Å². The molecule has 6 nitrogen and oxygen atoms in total. The molecule has 8 heteroatoms. The fraction of sp³-hybridized carbons (Fsp3) is 0.133. The highest BCUT2D eigenvalue weighted by atomic mass is 79.9. The molecule has 0 heterocycles. The minimum atomic E-state index is -3.67. The number of nitrogens with one attached hydrogen (secondary N) is 2. The van der Waals surface area contributed by atoms with Gasteiger partial charge in [0.05, 0.1) is 10.6 Å². The highest BCUT2D eigenvalue weighted by Gasteiger charge is 2.14. The van der Waals surface area contributed by atoms with Crippen molar-refractivity contribution in [3.8, 4) is 5.75 Å². The summed E-state index contributed by atoms with van der Waals surface area (Å²) in [5.74, 6) is -0.445. The summed E-state index contributed by atoms with van der Waals surface area (Å²) in [6.07, 6.45) is -0.0540. The van der Waals surface area contributed by atoms with Crippen LogP contribution in [0, 0.1) is 0 Å². The first-order chi connectivity index (χ1) is 10.9. The molecule has 2 aromatic carbocycles. The van der Waals surface area contributed by atoms with E-state index in [4.69, 9.17) is 0 Å². The summed E-state index contributed by atoms with van der Waals surface area (Å²) in [5.41, 5.74) is 0.285. The number of anilines is 1. The Hall–Kier alpha value is -1.90. The van der Waals surface area contributed by atoms with Crippen LogP contribution in [0.1, 0.15) is 6.42 Å². The van der Waals surface area contributed by atoms with Crippen molar-refractivity contribution in [2.75, 3.05) is 11.9 Å². The maximum absolute atomic E-state index is 12.1. The van der Waals surface area contributed by atoms with Crippen molar-refractivity contribution in [2.45, 2.75) is 11.3 Å². The number of rotatable bonds is 6. The van der Waals surface area contributed by atoms with Gasteiger partial charge < -0.3 is 10.4 Å². The van der Waals surface area contributed by atoms with Gasteiger partial charge >= 0.3 is 0 Å². The van der Waals surface area contributed by atoms with Crippen LogP contribution in [0.2, 0.25) is 0 Å². The Morgan fingerprint density at radius 1 is 1.13 bits per heavy atom. The molecule has 0 saturated heterocycles. The molecule has 0 aliphatic carbocycles. The normalized spacial score (nSPS) is 11.2. The maximum atomic E-state index is 12.1. The zero-order valence-corrected chi connectivity index (χ0v) is 14.4. The zero-order chi connectivity index (χ0) is 16.9. The van der Waals surface area contributed by atoms with E-state index in [-0.39, 0.29) is 29.3 Å². The number of para-hydroxylation sites is 2. The van der Waals surface area contributed by atoms with E-state index in [9.17, 15) is 18.3 Å². The largest absolute Gasteiger partial charge is 0.506 e. The standard InChI is InChI=1S/C15H15BrN2O4S/c16-11-4-3-5-12(10-11)23(21,22)17-9-8-15(20)18-13-6-1-2-7-14(13)19/h1-7,10,17,19H,8-9H2,(H,18,20). The summed E-state index contributed by atoms with van der Waals surface area (Å²) in [7, 11) is -3.67. The molecule has 0 unspecified atom stereocenters. The van der Waals surface area contributed by atoms with Crippen molar-refractivity contribution in [1.29, 1.82) is 0 Å². The molecule has 0 aliphatic rings. The van der Waals surface area contributed by atoms with Crippen LogP contribution in [0.3, 0.4) is 0 Å². The van der Waals surface area contributed by atoms with Crippen LogP contribution < -0.4 is 10.0 Å². The van der Waals surface area contributed by atoms with Gasteiger partial charge in [0.1, 0.15) is 5.75 Å². The third-order valence-electron chi connectivity index (χ3n) is 2.93. The third kappa shape index (κ3) is 5.05. The Balaban J connectivity index is 1.89. The van der Waals surface area contributed by atoms with Crippen molar-refractivity contribution >= 4 is 37.5 Å². The number of phenols is 1. The lowest BCUT2D eigenvalue weighted by Crippen LogP contribution is -2.27. The molecule has 1 amide bonds. The van der Waals surface area contributed by atoms with Gasteiger partial charge in [0.25, 0.3) is 0 Å². The van der Waals surface area contributed by atoms with Crippen LogP contribution >= 0.6 is 15.9 Å². The highest BCUT2D eigenvalue weighted by Crippen LogP contribution is 2.21. The Labute approximate surface area is 142 Å². The third-order valence-corrected chi connectivity index (χ3v) is 4.88. The minimum absolute atomic E-state index is 0.0458. The Morgan fingerprint density at radius 3 is 2.57 bits per heavy atom. The van der Waals surface area contributed by atoms with Gasteiger partial charge in [0.15, 0.2) is 0 Å². The molecule has 23 heavy (non-hydrogen) atoms. The summed E-state index contributed by atoms with van der Waals surface area (Å²) in [5, 5.41) is 12.1. The van der Waals surface area contributed by atoms with Crippen molar-refractivity contribution in [3.63, 3.8) is 0 Å². The van der Waals surface area contributed by atoms with Crippen molar-refractivity contribution in [1.82, 2.24) is 4.72 Å². The number of phenolic OH excluding ortho intramolecular Hbond substituents is 1. The molecule has 2 rings (SSSR count). The second-order valence-electron chi connectivity index (χ2n) is 4.67. The lowest BCUT2D eigenvalue weighted by molar-refractivity contribution is -0.116. The number of aromatic hydroxyl groups is 1. The van der Waals surface area contributed by atoms with Gasteiger partial charge in [-0.05, 0) is 30.3 Å². The second-order valence-corrected chi connectivity index (χ2v) is 7.35. The lowest BCUT2D eigenvalue weighted by Gasteiger charge is -2.09. The Bertz CT molecular complexity index is 809. The molecule has 122 valence electrons. The minimum Gasteiger partial charge on any atom is -0.506 e. The van der Waals surface area contributed by atoms with E-state index >= 15 is 0 Å². The predicted molar refractivity (Wildman–Crippen MR) is 90.7 cm³/mol. The maximum Gasteiger partial charge on any atom is 0.240 e. The average molecular weight is 399 g/mol. The van der Waals surface area contributed by atoms with Gasteiger partial charge in [-0.15, -0.1) is 0 Å². The summed E-state index contributed by atoms with van der Waals surface area (Å²) in [6, 6.07) is 12.6. The SMILES string of the molecule is O=C(CCNS(=O)(=O)c1cccc(Br)c1)Nc1ccccc1O. The van der Waals surface area contributed by atoms with Crippen LogP contribution in [-0.2, 0) is 14.8 Å². The summed E-state index contributed by atoms with van der Waals surface area (Å²) in [4.78, 5) is 11.9. The first-order valence-corrected chi connectivity index (χ1v) is 8.99. The number of carbonyl (C=O) groups is 1. The van der Waals surface area contributed by atoms with Gasteiger partial charge in [-0.25, -0.2) is 13.1 Å². The van der Waals surface area contributed by atoms with Gasteiger partial charge in [-0.1, -0.05) is 34.1 Å². The van der Waals surface area contributed by atoms with Crippen LogP contribution in [-0.4, -0.2) is 26.0 Å². The van der Waals surface area contributed by atoms with Crippen LogP contribution in [0.15, 0.2) is 57.9 Å². The summed E-state index contributed by atoms with van der Waals surface area (Å²) >= 11 is 3.21. The molecule has 3 N–H and O–H groups in total. The van der Waals surface area contributed by atoms with E-state index in [2.05, 4.69) is 26.0 Å². The molecule has 2 aromatic rings. The Morgan fingerprint density at radius 2 is 1.87 bits per heavy atom. The zero-order valence-electron chi connectivity index (χ0n) is 12.0. The molecular weight excluding hydrogens is 384 g/mol. The van der Waals surface area contributed by atoms with Crippen molar-refractivity contribution in [2.24, 2.45) is 0 Å². The van der Waals surface area contributed by atoms with E-state index in [1.807, 2.05) is 0 Å². The number of carbonyl (C=O) groups excluding carboxylic acids is 1. The van der Waals surface area contributed by atoms with E-state index in [1.54, 1.807) is 30.3 Å². The van der Waals surface area contributed by atoms with E-state index in [0.29, 0.717) is 4.47 Å². The number of benzene rings is 2. The molecule has 0 radical (unpaired) electrons. The summed E-state index contributed by atoms with van der Waals surface area (Å²) < 4.78 is 27.2. The van der Waals surface area contributed by atoms with Gasteiger partial charge in [-0.2, -0.15) is 0 Å². The van der Waals surface area contributed by atoms with Gasteiger partial charge in [0.2, 0.25) is 15.9 Å². The van der Waals surface area contributed by atoms with Crippen LogP contribution in [0.25, 0.3) is 0 Å². The van der Waals surface area contributed by atoms with Gasteiger partial charge in [-0.3, -0.25) is 4.79 Å². The van der Waals surface area contributed by atoms with Gasteiger partial charge in [0, 0.05) is 17.4 Å². The smallest absolute Gasteiger partial charge is 0.240 e. The first kappa shape index (κ1) is 17.5. The van der Waals surface area contributed by atoms with Crippen molar-refractivity contribution in [3.05, 3.63) is 53.0 Å². The molecule has 0 aliphatic heterocycles. The van der Waals surface area contributed by atoms with Crippen LogP contribution in [0.4, 0.5) is 5.69 Å². The fourth-order valence-corrected chi connectivity index (χ4v) is 3.44. The number of amides is 1. The quantitative estimate of drug-likeness (QED) is 0.651. The molecule has 0 spiro atoms. The molecule has 0 fully saturated rings. The van der Waals surface area contributed by atoms with Crippen LogP contribution in [0.5, 0.6) is 5.75 Å². The number of halogens is 1. The molecule has 0 atom stereocenters.